The molecule has 0 aliphatic carbocycles. The Morgan fingerprint density at radius 3 is 2.71 bits per heavy atom. The van der Waals surface area contributed by atoms with Crippen LogP contribution in [-0.4, -0.2) is 28.1 Å². The zero-order chi connectivity index (χ0) is 15.0. The average molecular weight is 281 g/mol. The van der Waals surface area contributed by atoms with Gasteiger partial charge in [0.05, 0.1) is 5.56 Å². The molecule has 0 atom stereocenters. The van der Waals surface area contributed by atoms with Gasteiger partial charge in [-0.3, -0.25) is 0 Å². The van der Waals surface area contributed by atoms with Gasteiger partial charge in [0.1, 0.15) is 11.5 Å². The number of anilines is 1. The first-order valence-electron chi connectivity index (χ1n) is 6.60. The van der Waals surface area contributed by atoms with Crippen LogP contribution < -0.4 is 5.32 Å². The minimum atomic E-state index is -0.915. The van der Waals surface area contributed by atoms with E-state index in [1.807, 2.05) is 38.4 Å². The van der Waals surface area contributed by atoms with Gasteiger partial charge in [-0.1, -0.05) is 6.07 Å². The van der Waals surface area contributed by atoms with Crippen molar-refractivity contribution in [1.82, 2.24) is 9.97 Å². The number of H-pyrrole nitrogens is 1. The third-order valence-corrected chi connectivity index (χ3v) is 3.55. The van der Waals surface area contributed by atoms with Crippen molar-refractivity contribution in [1.29, 1.82) is 0 Å². The molecule has 0 saturated carbocycles. The normalized spacial score (nSPS) is 10.8. The summed E-state index contributed by atoms with van der Waals surface area (Å²) in [7, 11) is 1.82. The number of carbonyl (C=O) groups is 1. The maximum atomic E-state index is 11.0. The number of nitrogens with zero attached hydrogens (tertiary/aromatic N) is 1. The number of pyridine rings is 1. The molecule has 5 nitrogen and oxygen atoms in total. The standard InChI is InChI=1S/C16H15N3O2/c1-9-7-10(16(20)21)3-4-11(9)13-8-14(17-2)19-15-12(13)5-6-18-15/h3-8H,1-2H3,(H,20,21)(H2,17,18,19). The number of benzene rings is 1. The van der Waals surface area contributed by atoms with E-state index in [0.29, 0.717) is 5.56 Å². The van der Waals surface area contributed by atoms with Crippen molar-refractivity contribution in [2.75, 3.05) is 12.4 Å². The summed E-state index contributed by atoms with van der Waals surface area (Å²) in [5.41, 5.74) is 4.05. The number of rotatable bonds is 3. The molecule has 0 amide bonds. The van der Waals surface area contributed by atoms with Crippen molar-refractivity contribution >= 4 is 22.8 Å². The lowest BCUT2D eigenvalue weighted by molar-refractivity contribution is 0.0697. The van der Waals surface area contributed by atoms with E-state index in [1.165, 1.54) is 0 Å². The van der Waals surface area contributed by atoms with Crippen LogP contribution in [0.4, 0.5) is 5.82 Å². The molecule has 0 aliphatic heterocycles. The van der Waals surface area contributed by atoms with Crippen molar-refractivity contribution in [3.63, 3.8) is 0 Å². The van der Waals surface area contributed by atoms with Crippen molar-refractivity contribution in [3.05, 3.63) is 47.7 Å². The lowest BCUT2D eigenvalue weighted by atomic mass is 9.97. The number of aromatic carboxylic acids is 1. The van der Waals surface area contributed by atoms with Crippen LogP contribution >= 0.6 is 0 Å². The van der Waals surface area contributed by atoms with E-state index in [-0.39, 0.29) is 0 Å². The first kappa shape index (κ1) is 13.2. The van der Waals surface area contributed by atoms with Gasteiger partial charge in [-0.15, -0.1) is 0 Å². The van der Waals surface area contributed by atoms with Gasteiger partial charge in [0.2, 0.25) is 0 Å². The van der Waals surface area contributed by atoms with Crippen LogP contribution in [0, 0.1) is 6.92 Å². The number of fused-ring (bicyclic) bond motifs is 1. The number of carboxylic acids is 1. The van der Waals surface area contributed by atoms with E-state index >= 15 is 0 Å². The molecular weight excluding hydrogens is 266 g/mol. The van der Waals surface area contributed by atoms with Crippen molar-refractivity contribution in [3.8, 4) is 11.1 Å². The fraction of sp³-hybridized carbons (Fsp3) is 0.125. The number of hydrogen-bond donors (Lipinski definition) is 3. The van der Waals surface area contributed by atoms with Gasteiger partial charge < -0.3 is 15.4 Å². The number of aromatic nitrogens is 2. The molecule has 5 heteroatoms. The summed E-state index contributed by atoms with van der Waals surface area (Å²) in [6, 6.07) is 9.11. The van der Waals surface area contributed by atoms with E-state index in [9.17, 15) is 4.79 Å². The molecule has 106 valence electrons. The summed E-state index contributed by atoms with van der Waals surface area (Å²) in [6.07, 6.45) is 1.85. The SMILES string of the molecule is CNc1cc(-c2ccc(C(=O)O)cc2C)c2cc[nH]c2n1. The molecule has 0 spiro atoms. The van der Waals surface area contributed by atoms with Gasteiger partial charge in [-0.05, 0) is 47.9 Å². The van der Waals surface area contributed by atoms with E-state index in [1.54, 1.807) is 12.1 Å². The maximum Gasteiger partial charge on any atom is 0.335 e. The Kier molecular flexibility index (Phi) is 3.10. The molecule has 0 fully saturated rings. The molecule has 0 radical (unpaired) electrons. The molecule has 3 N–H and O–H groups in total. The Bertz CT molecular complexity index is 837. The second-order valence-corrected chi connectivity index (χ2v) is 4.88. The quantitative estimate of drug-likeness (QED) is 0.688. The second kappa shape index (κ2) is 4.94. The number of nitrogens with one attached hydrogen (secondary N) is 2. The Hall–Kier alpha value is -2.82. The summed E-state index contributed by atoms with van der Waals surface area (Å²) in [5, 5.41) is 13.1. The lowest BCUT2D eigenvalue weighted by Gasteiger charge is -2.10. The minimum absolute atomic E-state index is 0.296. The predicted molar refractivity (Wildman–Crippen MR) is 82.8 cm³/mol. The fourth-order valence-electron chi connectivity index (χ4n) is 2.49. The topological polar surface area (TPSA) is 78.0 Å². The summed E-state index contributed by atoms with van der Waals surface area (Å²) >= 11 is 0. The van der Waals surface area contributed by atoms with Crippen molar-refractivity contribution in [2.45, 2.75) is 6.92 Å². The molecule has 2 aromatic heterocycles. The molecule has 3 aromatic rings. The van der Waals surface area contributed by atoms with Crippen LogP contribution in [0.3, 0.4) is 0 Å². The van der Waals surface area contributed by atoms with Gasteiger partial charge in [0, 0.05) is 18.6 Å². The van der Waals surface area contributed by atoms with E-state index in [0.717, 1.165) is 33.5 Å². The van der Waals surface area contributed by atoms with Crippen LogP contribution in [0.25, 0.3) is 22.2 Å². The molecule has 0 aliphatic rings. The number of aromatic amines is 1. The van der Waals surface area contributed by atoms with Crippen molar-refractivity contribution < 1.29 is 9.90 Å². The highest BCUT2D eigenvalue weighted by atomic mass is 16.4. The highest BCUT2D eigenvalue weighted by molar-refractivity contribution is 5.96. The first-order valence-corrected chi connectivity index (χ1v) is 6.60. The minimum Gasteiger partial charge on any atom is -0.478 e. The van der Waals surface area contributed by atoms with Crippen LogP contribution in [0.1, 0.15) is 15.9 Å². The first-order chi connectivity index (χ1) is 10.1. The highest BCUT2D eigenvalue weighted by Crippen LogP contribution is 2.32. The highest BCUT2D eigenvalue weighted by Gasteiger charge is 2.12. The monoisotopic (exact) mass is 281 g/mol. The van der Waals surface area contributed by atoms with Crippen molar-refractivity contribution in [2.24, 2.45) is 0 Å². The smallest absolute Gasteiger partial charge is 0.335 e. The zero-order valence-electron chi connectivity index (χ0n) is 11.8. The molecule has 0 unspecified atom stereocenters. The molecule has 0 saturated heterocycles. The largest absolute Gasteiger partial charge is 0.478 e. The number of aryl methyl sites for hydroxylation is 1. The summed E-state index contributed by atoms with van der Waals surface area (Å²) in [4.78, 5) is 18.6. The lowest BCUT2D eigenvalue weighted by Crippen LogP contribution is -1.98. The molecule has 0 bridgehead atoms. The molecule has 2 heterocycles. The molecule has 3 rings (SSSR count). The zero-order valence-corrected chi connectivity index (χ0v) is 11.8. The van der Waals surface area contributed by atoms with Gasteiger partial charge in [0.25, 0.3) is 0 Å². The van der Waals surface area contributed by atoms with Crippen LogP contribution in [0.15, 0.2) is 36.5 Å². The third kappa shape index (κ3) is 2.23. The van der Waals surface area contributed by atoms with Crippen LogP contribution in [-0.2, 0) is 0 Å². The predicted octanol–water partition coefficient (Wildman–Crippen LogP) is 3.28. The van der Waals surface area contributed by atoms with E-state index in [4.69, 9.17) is 5.11 Å². The van der Waals surface area contributed by atoms with Gasteiger partial charge in [-0.25, -0.2) is 9.78 Å². The Labute approximate surface area is 121 Å². The average Bonchev–Trinajstić information content (AvgIpc) is 2.94. The molecular formula is C16H15N3O2. The molecule has 1 aromatic carbocycles. The Balaban J connectivity index is 2.24. The van der Waals surface area contributed by atoms with Crippen LogP contribution in [0.2, 0.25) is 0 Å². The summed E-state index contributed by atoms with van der Waals surface area (Å²) in [5.74, 6) is -0.149. The maximum absolute atomic E-state index is 11.0. The Morgan fingerprint density at radius 1 is 1.24 bits per heavy atom. The number of carboxylic acid groups (broad SMARTS) is 1. The van der Waals surface area contributed by atoms with E-state index < -0.39 is 5.97 Å². The summed E-state index contributed by atoms with van der Waals surface area (Å²) < 4.78 is 0. The summed E-state index contributed by atoms with van der Waals surface area (Å²) in [6.45, 7) is 1.92. The second-order valence-electron chi connectivity index (χ2n) is 4.88. The fourth-order valence-corrected chi connectivity index (χ4v) is 2.49. The van der Waals surface area contributed by atoms with Gasteiger partial charge >= 0.3 is 5.97 Å². The van der Waals surface area contributed by atoms with Gasteiger partial charge in [0.15, 0.2) is 0 Å². The molecule has 21 heavy (non-hydrogen) atoms. The van der Waals surface area contributed by atoms with Gasteiger partial charge in [-0.2, -0.15) is 0 Å². The third-order valence-electron chi connectivity index (χ3n) is 3.55. The Morgan fingerprint density at radius 2 is 2.05 bits per heavy atom. The van der Waals surface area contributed by atoms with E-state index in [2.05, 4.69) is 15.3 Å². The van der Waals surface area contributed by atoms with Crippen LogP contribution in [0.5, 0.6) is 0 Å². The number of hydrogen-bond acceptors (Lipinski definition) is 3.